The summed E-state index contributed by atoms with van der Waals surface area (Å²) in [5, 5.41) is 3.25. The second kappa shape index (κ2) is 6.77. The SMILES string of the molecule is CCNC(Cc1ccc(F)c(Cl)c1)c1ncccc1F. The molecule has 1 N–H and O–H groups in total. The molecule has 1 heterocycles. The minimum atomic E-state index is -0.459. The molecular weight excluding hydrogens is 282 g/mol. The number of hydrogen-bond acceptors (Lipinski definition) is 2. The number of likely N-dealkylation sites (N-methyl/N-ethyl adjacent to an activating group) is 1. The van der Waals surface area contributed by atoms with Crippen LogP contribution in [0.1, 0.15) is 24.2 Å². The van der Waals surface area contributed by atoms with Crippen molar-refractivity contribution in [1.29, 1.82) is 0 Å². The Balaban J connectivity index is 2.25. The molecule has 0 saturated carbocycles. The summed E-state index contributed by atoms with van der Waals surface area (Å²) in [6, 6.07) is 7.17. The number of halogens is 3. The molecule has 1 unspecified atom stereocenters. The van der Waals surface area contributed by atoms with E-state index < -0.39 is 5.82 Å². The second-order valence-corrected chi connectivity index (χ2v) is 4.84. The Morgan fingerprint density at radius 1 is 1.25 bits per heavy atom. The lowest BCUT2D eigenvalue weighted by atomic mass is 10.0. The number of pyridine rings is 1. The number of aromatic nitrogens is 1. The van der Waals surface area contributed by atoms with Crippen molar-refractivity contribution in [2.45, 2.75) is 19.4 Å². The van der Waals surface area contributed by atoms with E-state index in [4.69, 9.17) is 11.6 Å². The van der Waals surface area contributed by atoms with Crippen LogP contribution < -0.4 is 5.32 Å². The molecule has 0 spiro atoms. The highest BCUT2D eigenvalue weighted by molar-refractivity contribution is 6.30. The zero-order valence-corrected chi connectivity index (χ0v) is 11.8. The van der Waals surface area contributed by atoms with Crippen LogP contribution in [-0.2, 0) is 6.42 Å². The van der Waals surface area contributed by atoms with Gasteiger partial charge in [0.2, 0.25) is 0 Å². The minimum absolute atomic E-state index is 0.0687. The summed E-state index contributed by atoms with van der Waals surface area (Å²) in [6.07, 6.45) is 2.04. The third kappa shape index (κ3) is 3.52. The van der Waals surface area contributed by atoms with Crippen molar-refractivity contribution >= 4 is 11.6 Å². The van der Waals surface area contributed by atoms with Gasteiger partial charge < -0.3 is 5.32 Å². The molecule has 1 aromatic carbocycles. The molecule has 0 aliphatic rings. The predicted octanol–water partition coefficient (Wildman–Crippen LogP) is 3.91. The van der Waals surface area contributed by atoms with Gasteiger partial charge in [-0.3, -0.25) is 4.98 Å². The largest absolute Gasteiger partial charge is 0.309 e. The molecule has 0 bridgehead atoms. The van der Waals surface area contributed by atoms with Crippen LogP contribution in [0.25, 0.3) is 0 Å². The zero-order chi connectivity index (χ0) is 14.5. The molecule has 20 heavy (non-hydrogen) atoms. The summed E-state index contributed by atoms with van der Waals surface area (Å²) in [5.41, 5.74) is 1.18. The number of nitrogens with zero attached hydrogens (tertiary/aromatic N) is 1. The fraction of sp³-hybridized carbons (Fsp3) is 0.267. The Labute approximate surface area is 121 Å². The summed E-state index contributed by atoms with van der Waals surface area (Å²) in [4.78, 5) is 4.09. The van der Waals surface area contributed by atoms with Crippen LogP contribution in [0.2, 0.25) is 5.02 Å². The number of hydrogen-bond donors (Lipinski definition) is 1. The summed E-state index contributed by atoms with van der Waals surface area (Å²) in [5.74, 6) is -0.814. The molecule has 0 fully saturated rings. The summed E-state index contributed by atoms with van der Waals surface area (Å²) in [6.45, 7) is 2.61. The lowest BCUT2D eigenvalue weighted by Crippen LogP contribution is -2.25. The van der Waals surface area contributed by atoms with Gasteiger partial charge in [0, 0.05) is 6.20 Å². The topological polar surface area (TPSA) is 24.9 Å². The molecular formula is C15H15ClF2N2. The van der Waals surface area contributed by atoms with Crippen LogP contribution >= 0.6 is 11.6 Å². The van der Waals surface area contributed by atoms with Gasteiger partial charge in [-0.2, -0.15) is 0 Å². The first-order chi connectivity index (χ1) is 9.61. The molecule has 1 atom stereocenters. The average Bonchev–Trinajstić information content (AvgIpc) is 2.43. The van der Waals surface area contributed by atoms with Crippen LogP contribution in [0.5, 0.6) is 0 Å². The monoisotopic (exact) mass is 296 g/mol. The van der Waals surface area contributed by atoms with E-state index in [1.165, 1.54) is 12.1 Å². The van der Waals surface area contributed by atoms with Crippen molar-refractivity contribution in [3.8, 4) is 0 Å². The van der Waals surface area contributed by atoms with Crippen molar-refractivity contribution in [2.24, 2.45) is 0 Å². The maximum atomic E-state index is 13.8. The van der Waals surface area contributed by atoms with Crippen LogP contribution in [0.4, 0.5) is 8.78 Å². The lowest BCUT2D eigenvalue weighted by Gasteiger charge is -2.18. The Morgan fingerprint density at radius 2 is 2.05 bits per heavy atom. The molecule has 5 heteroatoms. The first-order valence-corrected chi connectivity index (χ1v) is 6.77. The fourth-order valence-electron chi connectivity index (χ4n) is 2.07. The van der Waals surface area contributed by atoms with E-state index in [1.54, 1.807) is 24.4 Å². The Morgan fingerprint density at radius 3 is 2.70 bits per heavy atom. The zero-order valence-electron chi connectivity index (χ0n) is 11.0. The van der Waals surface area contributed by atoms with E-state index in [0.29, 0.717) is 18.7 Å². The number of nitrogens with one attached hydrogen (secondary N) is 1. The van der Waals surface area contributed by atoms with Crippen LogP contribution in [-0.4, -0.2) is 11.5 Å². The fourth-order valence-corrected chi connectivity index (χ4v) is 2.27. The molecule has 1 aromatic heterocycles. The smallest absolute Gasteiger partial charge is 0.146 e. The number of rotatable bonds is 5. The van der Waals surface area contributed by atoms with Gasteiger partial charge in [-0.1, -0.05) is 24.6 Å². The van der Waals surface area contributed by atoms with Crippen LogP contribution in [0, 0.1) is 11.6 Å². The summed E-state index contributed by atoms with van der Waals surface area (Å²) >= 11 is 5.77. The summed E-state index contributed by atoms with van der Waals surface area (Å²) < 4.78 is 27.0. The Bertz CT molecular complexity index is 590. The van der Waals surface area contributed by atoms with Gasteiger partial charge in [0.25, 0.3) is 0 Å². The van der Waals surface area contributed by atoms with Gasteiger partial charge in [0.15, 0.2) is 0 Å². The van der Waals surface area contributed by atoms with Gasteiger partial charge in [-0.25, -0.2) is 8.78 Å². The van der Waals surface area contributed by atoms with E-state index in [1.807, 2.05) is 6.92 Å². The second-order valence-electron chi connectivity index (χ2n) is 4.43. The highest BCUT2D eigenvalue weighted by Crippen LogP contribution is 2.22. The molecule has 2 rings (SSSR count). The van der Waals surface area contributed by atoms with Gasteiger partial charge in [-0.15, -0.1) is 0 Å². The molecule has 0 aliphatic carbocycles. The highest BCUT2D eigenvalue weighted by atomic mass is 35.5. The predicted molar refractivity (Wildman–Crippen MR) is 75.7 cm³/mol. The maximum Gasteiger partial charge on any atom is 0.146 e. The van der Waals surface area contributed by atoms with E-state index in [-0.39, 0.29) is 16.9 Å². The van der Waals surface area contributed by atoms with Crippen molar-refractivity contribution < 1.29 is 8.78 Å². The first kappa shape index (κ1) is 14.9. The normalized spacial score (nSPS) is 12.4. The highest BCUT2D eigenvalue weighted by Gasteiger charge is 2.17. The molecule has 0 radical (unpaired) electrons. The first-order valence-electron chi connectivity index (χ1n) is 6.39. The van der Waals surface area contributed by atoms with E-state index in [2.05, 4.69) is 10.3 Å². The molecule has 2 aromatic rings. The molecule has 0 amide bonds. The van der Waals surface area contributed by atoms with Gasteiger partial charge in [-0.05, 0) is 42.8 Å². The lowest BCUT2D eigenvalue weighted by molar-refractivity contribution is 0.494. The van der Waals surface area contributed by atoms with Crippen molar-refractivity contribution in [3.63, 3.8) is 0 Å². The quantitative estimate of drug-likeness (QED) is 0.905. The standard InChI is InChI=1S/C15H15ClF2N2/c1-2-19-14(15-13(18)4-3-7-20-15)9-10-5-6-12(17)11(16)8-10/h3-8,14,19H,2,9H2,1H3. The third-order valence-electron chi connectivity index (χ3n) is 2.99. The Kier molecular flexibility index (Phi) is 5.04. The number of benzene rings is 1. The van der Waals surface area contributed by atoms with Crippen LogP contribution in [0.3, 0.4) is 0 Å². The van der Waals surface area contributed by atoms with E-state index in [0.717, 1.165) is 5.56 Å². The van der Waals surface area contributed by atoms with E-state index in [9.17, 15) is 8.78 Å². The van der Waals surface area contributed by atoms with Crippen molar-refractivity contribution in [3.05, 3.63) is 64.4 Å². The molecule has 106 valence electrons. The minimum Gasteiger partial charge on any atom is -0.309 e. The third-order valence-corrected chi connectivity index (χ3v) is 3.28. The molecule has 2 nitrogen and oxygen atoms in total. The molecule has 0 aliphatic heterocycles. The molecule has 0 saturated heterocycles. The maximum absolute atomic E-state index is 13.8. The summed E-state index contributed by atoms with van der Waals surface area (Å²) in [7, 11) is 0. The van der Waals surface area contributed by atoms with Crippen molar-refractivity contribution in [2.75, 3.05) is 6.54 Å². The van der Waals surface area contributed by atoms with E-state index >= 15 is 0 Å². The average molecular weight is 297 g/mol. The van der Waals surface area contributed by atoms with Crippen LogP contribution in [0.15, 0.2) is 36.5 Å². The van der Waals surface area contributed by atoms with Crippen molar-refractivity contribution in [1.82, 2.24) is 10.3 Å². The van der Waals surface area contributed by atoms with Gasteiger partial charge in [0.05, 0.1) is 16.8 Å². The van der Waals surface area contributed by atoms with Gasteiger partial charge >= 0.3 is 0 Å². The Hall–Kier alpha value is -1.52. The van der Waals surface area contributed by atoms with Gasteiger partial charge in [0.1, 0.15) is 11.6 Å².